The highest BCUT2D eigenvalue weighted by molar-refractivity contribution is 6.06. The molecular weight excluding hydrogens is 306 g/mol. The molecule has 0 radical (unpaired) electrons. The van der Waals surface area contributed by atoms with Crippen molar-refractivity contribution in [3.05, 3.63) is 60.6 Å². The van der Waals surface area contributed by atoms with Crippen molar-refractivity contribution in [3.63, 3.8) is 0 Å². The Morgan fingerprint density at radius 3 is 2.80 bits per heavy atom. The fourth-order valence-electron chi connectivity index (χ4n) is 3.34. The molecule has 0 fully saturated rings. The van der Waals surface area contributed by atoms with Crippen molar-refractivity contribution in [2.24, 2.45) is 5.92 Å². The molecule has 1 atom stereocenters. The number of aromatic nitrogens is 3. The third kappa shape index (κ3) is 3.81. The van der Waals surface area contributed by atoms with Gasteiger partial charge in [0.1, 0.15) is 11.5 Å². The highest BCUT2D eigenvalue weighted by Crippen LogP contribution is 2.27. The number of allylic oxidation sites excluding steroid dienone is 3. The van der Waals surface area contributed by atoms with Gasteiger partial charge < -0.3 is 4.57 Å². The van der Waals surface area contributed by atoms with Crippen molar-refractivity contribution in [2.45, 2.75) is 46.6 Å². The minimum absolute atomic E-state index is 0.574. The lowest BCUT2D eigenvalue weighted by Gasteiger charge is -2.09. The Morgan fingerprint density at radius 1 is 1.24 bits per heavy atom. The van der Waals surface area contributed by atoms with E-state index in [-0.39, 0.29) is 0 Å². The molecule has 3 nitrogen and oxygen atoms in total. The van der Waals surface area contributed by atoms with Crippen LogP contribution in [0.1, 0.15) is 39.4 Å². The molecule has 0 amide bonds. The first kappa shape index (κ1) is 17.4. The number of fused-ring (bicyclic) bond motifs is 3. The van der Waals surface area contributed by atoms with Gasteiger partial charge in [0.25, 0.3) is 0 Å². The predicted molar refractivity (Wildman–Crippen MR) is 107 cm³/mol. The Bertz CT molecular complexity index is 914. The van der Waals surface area contributed by atoms with Crippen LogP contribution in [-0.2, 0) is 13.0 Å². The molecule has 2 heterocycles. The molecule has 3 aromatic rings. The summed E-state index contributed by atoms with van der Waals surface area (Å²) in [6, 6.07) is 8.42. The van der Waals surface area contributed by atoms with E-state index in [1.165, 1.54) is 22.9 Å². The minimum atomic E-state index is 0.574. The number of hydrogen-bond donors (Lipinski definition) is 0. The fraction of sp³-hybridized carbons (Fsp3) is 0.364. The Kier molecular flexibility index (Phi) is 5.32. The quantitative estimate of drug-likeness (QED) is 0.520. The Balaban J connectivity index is 1.91. The number of rotatable bonds is 7. The SMILES string of the molecule is C=CCn1c2ccccc2c2cnc(CC(C)CCC=C(C)C)nc21. The van der Waals surface area contributed by atoms with Crippen molar-refractivity contribution in [1.29, 1.82) is 0 Å². The molecule has 0 bridgehead atoms. The molecule has 1 aromatic carbocycles. The van der Waals surface area contributed by atoms with Crippen LogP contribution in [0.2, 0.25) is 0 Å². The van der Waals surface area contributed by atoms with Gasteiger partial charge in [-0.15, -0.1) is 6.58 Å². The maximum atomic E-state index is 4.90. The highest BCUT2D eigenvalue weighted by atomic mass is 15.1. The average Bonchev–Trinajstić information content (AvgIpc) is 2.89. The predicted octanol–water partition coefficient (Wildman–Crippen LogP) is 5.70. The molecule has 0 spiro atoms. The summed E-state index contributed by atoms with van der Waals surface area (Å²) >= 11 is 0. The molecule has 2 aromatic heterocycles. The molecule has 1 unspecified atom stereocenters. The summed E-state index contributed by atoms with van der Waals surface area (Å²) in [5.41, 5.74) is 3.60. The van der Waals surface area contributed by atoms with Gasteiger partial charge in [-0.1, -0.05) is 42.8 Å². The first-order valence-electron chi connectivity index (χ1n) is 9.07. The zero-order chi connectivity index (χ0) is 17.8. The largest absolute Gasteiger partial charge is 0.321 e. The Labute approximate surface area is 150 Å². The van der Waals surface area contributed by atoms with E-state index >= 15 is 0 Å². The van der Waals surface area contributed by atoms with Gasteiger partial charge in [-0.25, -0.2) is 9.97 Å². The summed E-state index contributed by atoms with van der Waals surface area (Å²) in [6.45, 7) is 11.2. The molecular formula is C22H27N3. The molecule has 0 aliphatic carbocycles. The van der Waals surface area contributed by atoms with Crippen LogP contribution in [0.4, 0.5) is 0 Å². The van der Waals surface area contributed by atoms with Gasteiger partial charge in [0.15, 0.2) is 0 Å². The molecule has 0 N–H and O–H groups in total. The third-order valence-corrected chi connectivity index (χ3v) is 4.61. The lowest BCUT2D eigenvalue weighted by atomic mass is 10.0. The maximum Gasteiger partial charge on any atom is 0.145 e. The molecule has 130 valence electrons. The number of benzene rings is 1. The van der Waals surface area contributed by atoms with Gasteiger partial charge in [-0.2, -0.15) is 0 Å². The van der Waals surface area contributed by atoms with Crippen molar-refractivity contribution in [1.82, 2.24) is 14.5 Å². The summed E-state index contributed by atoms with van der Waals surface area (Å²) in [6.07, 6.45) is 9.44. The summed E-state index contributed by atoms with van der Waals surface area (Å²) in [5.74, 6) is 1.51. The van der Waals surface area contributed by atoms with Crippen LogP contribution in [0.5, 0.6) is 0 Å². The van der Waals surface area contributed by atoms with Crippen LogP contribution in [0.3, 0.4) is 0 Å². The first-order chi connectivity index (χ1) is 12.1. The topological polar surface area (TPSA) is 30.7 Å². The summed E-state index contributed by atoms with van der Waals surface area (Å²) in [7, 11) is 0. The monoisotopic (exact) mass is 333 g/mol. The van der Waals surface area contributed by atoms with Gasteiger partial charge in [-0.05, 0) is 38.7 Å². The lowest BCUT2D eigenvalue weighted by Crippen LogP contribution is -2.05. The van der Waals surface area contributed by atoms with Gasteiger partial charge in [0, 0.05) is 29.9 Å². The van der Waals surface area contributed by atoms with E-state index in [1.54, 1.807) is 0 Å². The van der Waals surface area contributed by atoms with Crippen molar-refractivity contribution >= 4 is 21.9 Å². The van der Waals surface area contributed by atoms with E-state index < -0.39 is 0 Å². The van der Waals surface area contributed by atoms with Crippen molar-refractivity contribution < 1.29 is 0 Å². The second-order valence-electron chi connectivity index (χ2n) is 7.11. The summed E-state index contributed by atoms with van der Waals surface area (Å²) < 4.78 is 2.23. The van der Waals surface area contributed by atoms with Gasteiger partial charge in [0.05, 0.1) is 5.52 Å². The highest BCUT2D eigenvalue weighted by Gasteiger charge is 2.13. The smallest absolute Gasteiger partial charge is 0.145 e. The molecule has 0 saturated heterocycles. The molecule has 0 aliphatic heterocycles. The van der Waals surface area contributed by atoms with Gasteiger partial charge in [-0.3, -0.25) is 0 Å². The lowest BCUT2D eigenvalue weighted by molar-refractivity contribution is 0.521. The molecule has 0 aliphatic rings. The van der Waals surface area contributed by atoms with Crippen LogP contribution in [-0.4, -0.2) is 14.5 Å². The summed E-state index contributed by atoms with van der Waals surface area (Å²) in [5, 5.41) is 2.33. The molecule has 3 rings (SSSR count). The zero-order valence-corrected chi connectivity index (χ0v) is 15.5. The Morgan fingerprint density at radius 2 is 2.04 bits per heavy atom. The van der Waals surface area contributed by atoms with E-state index in [2.05, 4.69) is 67.2 Å². The van der Waals surface area contributed by atoms with E-state index in [0.717, 1.165) is 36.2 Å². The second-order valence-corrected chi connectivity index (χ2v) is 7.11. The van der Waals surface area contributed by atoms with Gasteiger partial charge >= 0.3 is 0 Å². The molecule has 3 heteroatoms. The number of nitrogens with zero attached hydrogens (tertiary/aromatic N) is 3. The number of para-hydroxylation sites is 1. The van der Waals surface area contributed by atoms with Crippen LogP contribution in [0, 0.1) is 5.92 Å². The molecule has 0 saturated carbocycles. The van der Waals surface area contributed by atoms with Crippen LogP contribution in [0.25, 0.3) is 21.9 Å². The van der Waals surface area contributed by atoms with E-state index in [1.807, 2.05) is 12.3 Å². The molecule has 25 heavy (non-hydrogen) atoms. The average molecular weight is 333 g/mol. The van der Waals surface area contributed by atoms with Gasteiger partial charge in [0.2, 0.25) is 0 Å². The second kappa shape index (κ2) is 7.64. The third-order valence-electron chi connectivity index (χ3n) is 4.61. The van der Waals surface area contributed by atoms with E-state index in [0.29, 0.717) is 5.92 Å². The summed E-state index contributed by atoms with van der Waals surface area (Å²) in [4.78, 5) is 9.55. The Hall–Kier alpha value is -2.42. The normalized spacial score (nSPS) is 12.4. The van der Waals surface area contributed by atoms with Crippen molar-refractivity contribution in [2.75, 3.05) is 0 Å². The van der Waals surface area contributed by atoms with Crippen LogP contribution >= 0.6 is 0 Å². The maximum absolute atomic E-state index is 4.90. The minimum Gasteiger partial charge on any atom is -0.321 e. The van der Waals surface area contributed by atoms with E-state index in [9.17, 15) is 0 Å². The zero-order valence-electron chi connectivity index (χ0n) is 15.5. The fourth-order valence-corrected chi connectivity index (χ4v) is 3.34. The number of hydrogen-bond acceptors (Lipinski definition) is 2. The van der Waals surface area contributed by atoms with Crippen molar-refractivity contribution in [3.8, 4) is 0 Å². The van der Waals surface area contributed by atoms with Crippen LogP contribution in [0.15, 0.2) is 54.8 Å². The van der Waals surface area contributed by atoms with E-state index in [4.69, 9.17) is 4.98 Å². The standard InChI is InChI=1S/C22H27N3/c1-5-13-25-20-12-7-6-11-18(20)19-15-23-21(24-22(19)25)14-17(4)10-8-9-16(2)3/h5-7,9,11-12,15,17H,1,8,10,13-14H2,2-4H3. The van der Waals surface area contributed by atoms with Crippen LogP contribution < -0.4 is 0 Å². The first-order valence-corrected chi connectivity index (χ1v) is 9.07.